The molecule has 7 heteroatoms. The Morgan fingerprint density at radius 3 is 2.62 bits per heavy atom. The van der Waals surface area contributed by atoms with Gasteiger partial charge < -0.3 is 10.1 Å². The third-order valence-corrected chi connectivity index (χ3v) is 2.91. The molecule has 2 rings (SSSR count). The minimum atomic E-state index is -4.50. The molecule has 0 saturated heterocycles. The molecule has 1 heterocycles. The van der Waals surface area contributed by atoms with E-state index in [4.69, 9.17) is 16.3 Å². The predicted molar refractivity (Wildman–Crippen MR) is 73.5 cm³/mol. The van der Waals surface area contributed by atoms with E-state index < -0.39 is 11.7 Å². The van der Waals surface area contributed by atoms with Gasteiger partial charge >= 0.3 is 6.18 Å². The van der Waals surface area contributed by atoms with Crippen LogP contribution in [-0.2, 0) is 12.7 Å². The summed E-state index contributed by atoms with van der Waals surface area (Å²) in [5, 5.41) is 3.07. The monoisotopic (exact) mass is 316 g/mol. The van der Waals surface area contributed by atoms with E-state index in [0.717, 1.165) is 11.6 Å². The van der Waals surface area contributed by atoms with Crippen LogP contribution in [0.5, 0.6) is 11.6 Å². The van der Waals surface area contributed by atoms with Crippen molar-refractivity contribution in [3.63, 3.8) is 0 Å². The van der Waals surface area contributed by atoms with Crippen molar-refractivity contribution in [3.8, 4) is 11.6 Å². The molecule has 0 bridgehead atoms. The summed E-state index contributed by atoms with van der Waals surface area (Å²) in [5.41, 5.74) is -0.0684. The summed E-state index contributed by atoms with van der Waals surface area (Å²) in [6.45, 7) is 0.548. The van der Waals surface area contributed by atoms with Gasteiger partial charge in [0.05, 0.1) is 5.56 Å². The van der Waals surface area contributed by atoms with Crippen LogP contribution in [0.2, 0.25) is 5.02 Å². The van der Waals surface area contributed by atoms with Crippen molar-refractivity contribution in [2.75, 3.05) is 7.05 Å². The van der Waals surface area contributed by atoms with Gasteiger partial charge in [0, 0.05) is 12.7 Å². The molecule has 1 aromatic heterocycles. The van der Waals surface area contributed by atoms with Crippen LogP contribution < -0.4 is 10.1 Å². The number of rotatable bonds is 4. The van der Waals surface area contributed by atoms with Crippen LogP contribution in [0.1, 0.15) is 11.1 Å². The molecule has 1 aromatic carbocycles. The SMILES string of the molecule is CNCc1cnc(Oc2ccccc2C(F)(F)F)c(Cl)c1. The molecule has 112 valence electrons. The highest BCUT2D eigenvalue weighted by molar-refractivity contribution is 6.31. The number of alkyl halides is 3. The molecule has 0 aliphatic carbocycles. The minimum Gasteiger partial charge on any atom is -0.437 e. The molecular formula is C14H12ClF3N2O. The summed E-state index contributed by atoms with van der Waals surface area (Å²) in [6.07, 6.45) is -3.01. The van der Waals surface area contributed by atoms with Crippen LogP contribution in [0.4, 0.5) is 13.2 Å². The fourth-order valence-corrected chi connectivity index (χ4v) is 1.96. The number of halogens is 4. The van der Waals surface area contributed by atoms with E-state index in [1.165, 1.54) is 24.4 Å². The number of nitrogens with one attached hydrogen (secondary N) is 1. The molecule has 0 unspecified atom stereocenters. The smallest absolute Gasteiger partial charge is 0.419 e. The molecule has 0 radical (unpaired) electrons. The third kappa shape index (κ3) is 3.86. The maximum atomic E-state index is 12.9. The molecule has 2 aromatic rings. The summed E-state index contributed by atoms with van der Waals surface area (Å²) in [7, 11) is 1.76. The van der Waals surface area contributed by atoms with Gasteiger partial charge in [-0.2, -0.15) is 13.2 Å². The lowest BCUT2D eigenvalue weighted by molar-refractivity contribution is -0.138. The van der Waals surface area contributed by atoms with Gasteiger partial charge in [0.15, 0.2) is 0 Å². The largest absolute Gasteiger partial charge is 0.437 e. The number of hydrogen-bond donors (Lipinski definition) is 1. The molecule has 0 amide bonds. The normalized spacial score (nSPS) is 11.5. The van der Waals surface area contributed by atoms with Gasteiger partial charge in [-0.15, -0.1) is 0 Å². The van der Waals surface area contributed by atoms with E-state index in [0.29, 0.717) is 6.54 Å². The van der Waals surface area contributed by atoms with Crippen LogP contribution in [0.15, 0.2) is 36.5 Å². The lowest BCUT2D eigenvalue weighted by Gasteiger charge is -2.13. The summed E-state index contributed by atoms with van der Waals surface area (Å²) in [4.78, 5) is 3.95. The molecule has 3 nitrogen and oxygen atoms in total. The number of pyridine rings is 1. The first-order chi connectivity index (χ1) is 9.91. The molecule has 0 atom stereocenters. The van der Waals surface area contributed by atoms with E-state index in [9.17, 15) is 13.2 Å². The van der Waals surface area contributed by atoms with E-state index in [2.05, 4.69) is 10.3 Å². The number of para-hydroxylation sites is 1. The Kier molecular flexibility index (Phi) is 4.69. The van der Waals surface area contributed by atoms with Gasteiger partial charge in [0.1, 0.15) is 10.8 Å². The first kappa shape index (κ1) is 15.6. The van der Waals surface area contributed by atoms with Gasteiger partial charge in [0.2, 0.25) is 5.88 Å². The van der Waals surface area contributed by atoms with Crippen molar-refractivity contribution in [1.29, 1.82) is 0 Å². The number of hydrogen-bond acceptors (Lipinski definition) is 3. The van der Waals surface area contributed by atoms with E-state index in [-0.39, 0.29) is 16.7 Å². The third-order valence-electron chi connectivity index (χ3n) is 2.64. The van der Waals surface area contributed by atoms with E-state index in [1.54, 1.807) is 13.1 Å². The number of nitrogens with zero attached hydrogens (tertiary/aromatic N) is 1. The molecule has 0 spiro atoms. The maximum absolute atomic E-state index is 12.9. The second-order valence-corrected chi connectivity index (χ2v) is 4.66. The fourth-order valence-electron chi connectivity index (χ4n) is 1.73. The molecule has 0 aliphatic rings. The number of benzene rings is 1. The Hall–Kier alpha value is -1.79. The van der Waals surface area contributed by atoms with E-state index in [1.807, 2.05) is 0 Å². The Balaban J connectivity index is 2.31. The average molecular weight is 317 g/mol. The number of ether oxygens (including phenoxy) is 1. The van der Waals surface area contributed by atoms with Gasteiger partial charge in [-0.1, -0.05) is 23.7 Å². The van der Waals surface area contributed by atoms with Crippen molar-refractivity contribution in [2.24, 2.45) is 0 Å². The Labute approximate surface area is 124 Å². The minimum absolute atomic E-state index is 0.0618. The van der Waals surface area contributed by atoms with Crippen molar-refractivity contribution in [3.05, 3.63) is 52.7 Å². The zero-order valence-corrected chi connectivity index (χ0v) is 11.8. The molecule has 0 aliphatic heterocycles. The summed E-state index contributed by atoms with van der Waals surface area (Å²) in [5.74, 6) is -0.394. The van der Waals surface area contributed by atoms with Gasteiger partial charge in [-0.3, -0.25) is 0 Å². The Bertz CT molecular complexity index is 632. The fraction of sp³-hybridized carbons (Fsp3) is 0.214. The molecule has 21 heavy (non-hydrogen) atoms. The second-order valence-electron chi connectivity index (χ2n) is 4.26. The van der Waals surface area contributed by atoms with Crippen LogP contribution in [0.3, 0.4) is 0 Å². The van der Waals surface area contributed by atoms with Crippen LogP contribution in [0.25, 0.3) is 0 Å². The van der Waals surface area contributed by atoms with Crippen LogP contribution >= 0.6 is 11.6 Å². The standard InChI is InChI=1S/C14H12ClF3N2O/c1-19-7-9-6-11(15)13(20-8-9)21-12-5-3-2-4-10(12)14(16,17)18/h2-6,8,19H,7H2,1H3. The highest BCUT2D eigenvalue weighted by Crippen LogP contribution is 2.38. The summed E-state index contributed by atoms with van der Waals surface area (Å²) < 4.78 is 43.8. The first-order valence-corrected chi connectivity index (χ1v) is 6.42. The van der Waals surface area contributed by atoms with Crippen LogP contribution in [0, 0.1) is 0 Å². The van der Waals surface area contributed by atoms with Gasteiger partial charge in [-0.25, -0.2) is 4.98 Å². The molecule has 0 saturated carbocycles. The maximum Gasteiger partial charge on any atom is 0.419 e. The van der Waals surface area contributed by atoms with Gasteiger partial charge in [-0.05, 0) is 30.8 Å². The van der Waals surface area contributed by atoms with Crippen molar-refractivity contribution >= 4 is 11.6 Å². The molecule has 0 fully saturated rings. The Morgan fingerprint density at radius 2 is 2.00 bits per heavy atom. The van der Waals surface area contributed by atoms with Crippen molar-refractivity contribution < 1.29 is 17.9 Å². The van der Waals surface area contributed by atoms with Crippen LogP contribution in [-0.4, -0.2) is 12.0 Å². The lowest BCUT2D eigenvalue weighted by atomic mass is 10.2. The zero-order chi connectivity index (χ0) is 15.5. The summed E-state index contributed by atoms with van der Waals surface area (Å²) in [6, 6.07) is 6.51. The summed E-state index contributed by atoms with van der Waals surface area (Å²) >= 11 is 5.99. The highest BCUT2D eigenvalue weighted by Gasteiger charge is 2.34. The first-order valence-electron chi connectivity index (χ1n) is 6.05. The molecular weight excluding hydrogens is 305 g/mol. The topological polar surface area (TPSA) is 34.2 Å². The predicted octanol–water partition coefficient (Wildman–Crippen LogP) is 4.27. The van der Waals surface area contributed by atoms with Crippen molar-refractivity contribution in [1.82, 2.24) is 10.3 Å². The average Bonchev–Trinajstić information content (AvgIpc) is 2.42. The zero-order valence-electron chi connectivity index (χ0n) is 11.0. The van der Waals surface area contributed by atoms with E-state index >= 15 is 0 Å². The Morgan fingerprint density at radius 1 is 1.29 bits per heavy atom. The molecule has 1 N–H and O–H groups in total. The van der Waals surface area contributed by atoms with Crippen molar-refractivity contribution in [2.45, 2.75) is 12.7 Å². The highest BCUT2D eigenvalue weighted by atomic mass is 35.5. The lowest BCUT2D eigenvalue weighted by Crippen LogP contribution is -2.08. The second kappa shape index (κ2) is 6.32. The quantitative estimate of drug-likeness (QED) is 0.915. The number of aromatic nitrogens is 1. The van der Waals surface area contributed by atoms with Gasteiger partial charge in [0.25, 0.3) is 0 Å².